The summed E-state index contributed by atoms with van der Waals surface area (Å²) >= 11 is 0. The number of carbonyl (C=O) groups excluding carboxylic acids is 2. The van der Waals surface area contributed by atoms with E-state index < -0.39 is 11.8 Å². The number of hydrogen-bond donors (Lipinski definition) is 2. The summed E-state index contributed by atoms with van der Waals surface area (Å²) in [5.74, 6) is -0.430. The van der Waals surface area contributed by atoms with Crippen molar-refractivity contribution < 1.29 is 18.7 Å². The van der Waals surface area contributed by atoms with Crippen LogP contribution in [0, 0.1) is 0 Å². The largest absolute Gasteiger partial charge is 0.489 e. The van der Waals surface area contributed by atoms with Crippen molar-refractivity contribution in [2.45, 2.75) is 13.2 Å². The van der Waals surface area contributed by atoms with Gasteiger partial charge in [-0.3, -0.25) is 9.59 Å². The standard InChI is InChI=1S/C21H19N3O4/c25-20(22-14-19-10-5-11-27-19)21(26)24-23-13-17-8-4-9-18(12-17)28-15-16-6-2-1-3-7-16/h1-13H,14-15H2,(H,22,25)(H,24,26)/b23-13-. The van der Waals surface area contributed by atoms with E-state index in [1.165, 1.54) is 12.5 Å². The van der Waals surface area contributed by atoms with E-state index in [0.717, 1.165) is 11.1 Å². The normalized spacial score (nSPS) is 10.6. The van der Waals surface area contributed by atoms with Crippen molar-refractivity contribution in [3.63, 3.8) is 0 Å². The fourth-order valence-electron chi connectivity index (χ4n) is 2.30. The van der Waals surface area contributed by atoms with Crippen LogP contribution in [-0.2, 0) is 22.7 Å². The fraction of sp³-hybridized carbons (Fsp3) is 0.0952. The van der Waals surface area contributed by atoms with E-state index in [-0.39, 0.29) is 6.54 Å². The van der Waals surface area contributed by atoms with Gasteiger partial charge in [-0.1, -0.05) is 42.5 Å². The Bertz CT molecular complexity index is 937. The summed E-state index contributed by atoms with van der Waals surface area (Å²) in [6.07, 6.45) is 2.93. The van der Waals surface area contributed by atoms with Crippen molar-refractivity contribution >= 4 is 18.0 Å². The summed E-state index contributed by atoms with van der Waals surface area (Å²) in [6, 6.07) is 20.5. The number of nitrogens with zero attached hydrogens (tertiary/aromatic N) is 1. The highest BCUT2D eigenvalue weighted by atomic mass is 16.5. The van der Waals surface area contributed by atoms with Gasteiger partial charge in [-0.25, -0.2) is 5.43 Å². The third kappa shape index (κ3) is 5.84. The van der Waals surface area contributed by atoms with Crippen LogP contribution in [0.4, 0.5) is 0 Å². The molecule has 28 heavy (non-hydrogen) atoms. The Hall–Kier alpha value is -3.87. The van der Waals surface area contributed by atoms with Gasteiger partial charge >= 0.3 is 11.8 Å². The molecule has 3 aromatic rings. The van der Waals surface area contributed by atoms with Gasteiger partial charge in [0.2, 0.25) is 0 Å². The average Bonchev–Trinajstić information content (AvgIpc) is 3.25. The number of benzene rings is 2. The lowest BCUT2D eigenvalue weighted by atomic mass is 10.2. The maximum Gasteiger partial charge on any atom is 0.329 e. The minimum atomic E-state index is -0.862. The Morgan fingerprint density at radius 2 is 1.86 bits per heavy atom. The summed E-state index contributed by atoms with van der Waals surface area (Å²) in [5.41, 5.74) is 3.97. The molecular formula is C21H19N3O4. The van der Waals surface area contributed by atoms with Gasteiger partial charge in [0.1, 0.15) is 18.1 Å². The molecule has 0 saturated carbocycles. The molecule has 2 amide bonds. The molecule has 0 fully saturated rings. The van der Waals surface area contributed by atoms with Gasteiger partial charge in [-0.05, 0) is 35.4 Å². The molecule has 142 valence electrons. The Morgan fingerprint density at radius 1 is 1.00 bits per heavy atom. The molecule has 0 aliphatic carbocycles. The van der Waals surface area contributed by atoms with Crippen molar-refractivity contribution in [3.8, 4) is 5.75 Å². The van der Waals surface area contributed by atoms with E-state index in [4.69, 9.17) is 9.15 Å². The van der Waals surface area contributed by atoms with Crippen LogP contribution in [0.15, 0.2) is 82.5 Å². The molecule has 1 aromatic heterocycles. The molecule has 3 rings (SSSR count). The summed E-state index contributed by atoms with van der Waals surface area (Å²) in [5, 5.41) is 6.24. The van der Waals surface area contributed by atoms with E-state index in [1.54, 1.807) is 18.2 Å². The Morgan fingerprint density at radius 3 is 2.64 bits per heavy atom. The van der Waals surface area contributed by atoms with Crippen molar-refractivity contribution in [2.75, 3.05) is 0 Å². The van der Waals surface area contributed by atoms with Gasteiger partial charge < -0.3 is 14.5 Å². The van der Waals surface area contributed by atoms with Crippen LogP contribution < -0.4 is 15.5 Å². The SMILES string of the molecule is O=C(NCc1ccco1)C(=O)N/N=C\c1cccc(OCc2ccccc2)c1. The fourth-order valence-corrected chi connectivity index (χ4v) is 2.30. The second-order valence-electron chi connectivity index (χ2n) is 5.81. The number of hydrazone groups is 1. The molecule has 0 radical (unpaired) electrons. The smallest absolute Gasteiger partial charge is 0.329 e. The van der Waals surface area contributed by atoms with Crippen molar-refractivity contribution in [1.82, 2.24) is 10.7 Å². The van der Waals surface area contributed by atoms with E-state index in [2.05, 4.69) is 15.8 Å². The highest BCUT2D eigenvalue weighted by Crippen LogP contribution is 2.14. The topological polar surface area (TPSA) is 92.9 Å². The summed E-state index contributed by atoms with van der Waals surface area (Å²) in [6.45, 7) is 0.581. The first-order valence-electron chi connectivity index (χ1n) is 8.61. The maximum absolute atomic E-state index is 11.7. The summed E-state index contributed by atoms with van der Waals surface area (Å²) < 4.78 is 10.8. The first-order valence-corrected chi connectivity index (χ1v) is 8.61. The molecule has 0 spiro atoms. The first kappa shape index (κ1) is 18.9. The van der Waals surface area contributed by atoms with Crippen LogP contribution in [0.25, 0.3) is 0 Å². The lowest BCUT2D eigenvalue weighted by Crippen LogP contribution is -2.37. The molecule has 2 aromatic carbocycles. The maximum atomic E-state index is 11.7. The number of furan rings is 1. The van der Waals surface area contributed by atoms with Gasteiger partial charge in [-0.2, -0.15) is 5.10 Å². The lowest BCUT2D eigenvalue weighted by molar-refractivity contribution is -0.139. The Labute approximate surface area is 162 Å². The minimum Gasteiger partial charge on any atom is -0.489 e. The molecule has 0 aliphatic heterocycles. The monoisotopic (exact) mass is 377 g/mol. The number of hydrogen-bond acceptors (Lipinski definition) is 5. The molecular weight excluding hydrogens is 358 g/mol. The Balaban J connectivity index is 1.47. The molecule has 2 N–H and O–H groups in total. The van der Waals surface area contributed by atoms with Crippen LogP contribution >= 0.6 is 0 Å². The van der Waals surface area contributed by atoms with Crippen LogP contribution in [0.3, 0.4) is 0 Å². The highest BCUT2D eigenvalue weighted by Gasteiger charge is 2.12. The third-order valence-corrected chi connectivity index (χ3v) is 3.70. The van der Waals surface area contributed by atoms with Gasteiger partial charge in [0.05, 0.1) is 19.0 Å². The van der Waals surface area contributed by atoms with E-state index in [1.807, 2.05) is 48.5 Å². The number of ether oxygens (including phenoxy) is 1. The quantitative estimate of drug-likeness (QED) is 0.376. The zero-order valence-electron chi connectivity index (χ0n) is 15.0. The second kappa shape index (κ2) is 9.72. The first-order chi connectivity index (χ1) is 13.7. The molecule has 0 unspecified atom stereocenters. The molecule has 0 aliphatic rings. The molecule has 7 nitrogen and oxygen atoms in total. The van der Waals surface area contributed by atoms with Gasteiger partial charge in [0.15, 0.2) is 0 Å². The molecule has 7 heteroatoms. The predicted molar refractivity (Wildman–Crippen MR) is 104 cm³/mol. The van der Waals surface area contributed by atoms with Crippen LogP contribution in [0.5, 0.6) is 5.75 Å². The number of amides is 2. The van der Waals surface area contributed by atoms with Crippen LogP contribution in [0.2, 0.25) is 0 Å². The molecule has 0 bridgehead atoms. The lowest BCUT2D eigenvalue weighted by Gasteiger charge is -2.06. The predicted octanol–water partition coefficient (Wildman–Crippen LogP) is 2.63. The van der Waals surface area contributed by atoms with Gasteiger partial charge in [-0.15, -0.1) is 0 Å². The second-order valence-corrected chi connectivity index (χ2v) is 5.81. The molecule has 0 atom stereocenters. The summed E-state index contributed by atoms with van der Waals surface area (Å²) in [4.78, 5) is 23.4. The van der Waals surface area contributed by atoms with Gasteiger partial charge in [0, 0.05) is 0 Å². The van der Waals surface area contributed by atoms with Gasteiger partial charge in [0.25, 0.3) is 0 Å². The van der Waals surface area contributed by atoms with E-state index in [0.29, 0.717) is 18.1 Å². The number of rotatable bonds is 7. The zero-order valence-corrected chi connectivity index (χ0v) is 15.0. The third-order valence-electron chi connectivity index (χ3n) is 3.70. The van der Waals surface area contributed by atoms with Crippen molar-refractivity contribution in [1.29, 1.82) is 0 Å². The van der Waals surface area contributed by atoms with Crippen molar-refractivity contribution in [2.24, 2.45) is 5.10 Å². The minimum absolute atomic E-state index is 0.129. The molecule has 0 saturated heterocycles. The highest BCUT2D eigenvalue weighted by molar-refractivity contribution is 6.35. The summed E-state index contributed by atoms with van der Waals surface area (Å²) in [7, 11) is 0. The molecule has 1 heterocycles. The van der Waals surface area contributed by atoms with E-state index >= 15 is 0 Å². The van der Waals surface area contributed by atoms with Crippen molar-refractivity contribution in [3.05, 3.63) is 89.9 Å². The number of carbonyl (C=O) groups is 2. The zero-order chi connectivity index (χ0) is 19.6. The number of nitrogens with one attached hydrogen (secondary N) is 2. The Kier molecular flexibility index (Phi) is 6.57. The average molecular weight is 377 g/mol. The van der Waals surface area contributed by atoms with E-state index in [9.17, 15) is 9.59 Å². The van der Waals surface area contributed by atoms with Crippen LogP contribution in [0.1, 0.15) is 16.9 Å². The van der Waals surface area contributed by atoms with Crippen LogP contribution in [-0.4, -0.2) is 18.0 Å².